The molecule has 1 atom stereocenters. The Kier molecular flexibility index (Phi) is 2.67. The van der Waals surface area contributed by atoms with Crippen molar-refractivity contribution < 1.29 is 0 Å². The molecule has 3 rings (SSSR count). The lowest BCUT2D eigenvalue weighted by atomic mass is 9.77. The molecule has 0 radical (unpaired) electrons. The van der Waals surface area contributed by atoms with E-state index in [0.717, 1.165) is 5.92 Å². The van der Waals surface area contributed by atoms with Gasteiger partial charge < -0.3 is 0 Å². The van der Waals surface area contributed by atoms with Crippen molar-refractivity contribution in [2.45, 2.75) is 25.3 Å². The molecule has 1 aromatic heterocycles. The van der Waals surface area contributed by atoms with Crippen LogP contribution in [0.25, 0.3) is 10.1 Å². The van der Waals surface area contributed by atoms with Crippen LogP contribution >= 0.6 is 11.3 Å². The number of thiophene rings is 1. The molecule has 0 aliphatic heterocycles. The average molecular weight is 232 g/mol. The zero-order valence-corrected chi connectivity index (χ0v) is 9.96. The van der Waals surface area contributed by atoms with Crippen LogP contribution in [0.15, 0.2) is 29.6 Å². The molecule has 3 N–H and O–H groups in total. The van der Waals surface area contributed by atoms with Crippen molar-refractivity contribution >= 4 is 21.4 Å². The van der Waals surface area contributed by atoms with E-state index in [1.807, 2.05) is 11.3 Å². The number of hydrazine groups is 1. The molecule has 2 nitrogen and oxygen atoms in total. The fourth-order valence-electron chi connectivity index (χ4n) is 2.51. The predicted octanol–water partition coefficient (Wildman–Crippen LogP) is 3.21. The lowest BCUT2D eigenvalue weighted by molar-refractivity contribution is 0.233. The molecule has 0 amide bonds. The summed E-state index contributed by atoms with van der Waals surface area (Å²) in [6.45, 7) is 0. The molecule has 0 spiro atoms. The van der Waals surface area contributed by atoms with E-state index in [2.05, 4.69) is 35.1 Å². The molecule has 1 aliphatic carbocycles. The second-order valence-corrected chi connectivity index (χ2v) is 5.44. The summed E-state index contributed by atoms with van der Waals surface area (Å²) in [5.74, 6) is 6.45. The van der Waals surface area contributed by atoms with Crippen LogP contribution < -0.4 is 11.3 Å². The summed E-state index contributed by atoms with van der Waals surface area (Å²) in [5, 5.41) is 3.49. The van der Waals surface area contributed by atoms with Crippen molar-refractivity contribution in [1.29, 1.82) is 0 Å². The first-order valence-electron chi connectivity index (χ1n) is 5.82. The molecular formula is C13H16N2S. The van der Waals surface area contributed by atoms with Crippen molar-refractivity contribution in [3.05, 3.63) is 35.2 Å². The van der Waals surface area contributed by atoms with E-state index >= 15 is 0 Å². The zero-order valence-electron chi connectivity index (χ0n) is 9.15. The molecule has 3 heteroatoms. The van der Waals surface area contributed by atoms with Crippen LogP contribution in [-0.4, -0.2) is 0 Å². The van der Waals surface area contributed by atoms with Crippen LogP contribution in [0.3, 0.4) is 0 Å². The maximum absolute atomic E-state index is 5.73. The molecule has 1 saturated carbocycles. The fraction of sp³-hybridized carbons (Fsp3) is 0.385. The summed E-state index contributed by atoms with van der Waals surface area (Å²) in [7, 11) is 0. The molecule has 0 bridgehead atoms. The Balaban J connectivity index is 2.05. The number of fused-ring (bicyclic) bond motifs is 1. The molecule has 1 heterocycles. The molecule has 1 aliphatic rings. The van der Waals surface area contributed by atoms with Crippen LogP contribution in [0.2, 0.25) is 0 Å². The highest BCUT2D eigenvalue weighted by molar-refractivity contribution is 7.17. The van der Waals surface area contributed by atoms with Gasteiger partial charge >= 0.3 is 0 Å². The Bertz CT molecular complexity index is 487. The van der Waals surface area contributed by atoms with Crippen molar-refractivity contribution in [3.63, 3.8) is 0 Å². The Morgan fingerprint density at radius 1 is 1.31 bits per heavy atom. The highest BCUT2D eigenvalue weighted by Crippen LogP contribution is 2.40. The first-order chi connectivity index (χ1) is 7.90. The van der Waals surface area contributed by atoms with Crippen LogP contribution in [0, 0.1) is 5.92 Å². The summed E-state index contributed by atoms with van der Waals surface area (Å²) >= 11 is 1.81. The van der Waals surface area contributed by atoms with Gasteiger partial charge in [-0.1, -0.05) is 24.6 Å². The van der Waals surface area contributed by atoms with Crippen LogP contribution in [-0.2, 0) is 0 Å². The van der Waals surface area contributed by atoms with Crippen LogP contribution in [0.5, 0.6) is 0 Å². The molecule has 2 aromatic rings. The van der Waals surface area contributed by atoms with Gasteiger partial charge in [-0.2, -0.15) is 0 Å². The van der Waals surface area contributed by atoms with Gasteiger partial charge in [-0.15, -0.1) is 11.3 Å². The smallest absolute Gasteiger partial charge is 0.0502 e. The van der Waals surface area contributed by atoms with Gasteiger partial charge in [0.05, 0.1) is 6.04 Å². The number of hydrogen-bond acceptors (Lipinski definition) is 3. The van der Waals surface area contributed by atoms with Gasteiger partial charge in [-0.3, -0.25) is 11.3 Å². The highest BCUT2D eigenvalue weighted by Gasteiger charge is 2.28. The summed E-state index contributed by atoms with van der Waals surface area (Å²) in [6, 6.07) is 9.02. The number of nitrogens with one attached hydrogen (secondary N) is 1. The van der Waals surface area contributed by atoms with Crippen molar-refractivity contribution in [3.8, 4) is 0 Å². The third kappa shape index (κ3) is 1.56. The quantitative estimate of drug-likeness (QED) is 0.630. The lowest BCUT2D eigenvalue weighted by Gasteiger charge is -2.33. The number of benzene rings is 1. The SMILES string of the molecule is NNC(c1cccc2ccsc12)C1CCC1. The van der Waals surface area contributed by atoms with Gasteiger partial charge in [-0.25, -0.2) is 0 Å². The normalized spacial score (nSPS) is 18.6. The maximum Gasteiger partial charge on any atom is 0.0502 e. The number of hydrogen-bond donors (Lipinski definition) is 2. The van der Waals surface area contributed by atoms with Gasteiger partial charge in [-0.05, 0) is 41.2 Å². The first kappa shape index (κ1) is 10.3. The molecule has 1 fully saturated rings. The van der Waals surface area contributed by atoms with E-state index in [1.165, 1.54) is 34.9 Å². The van der Waals surface area contributed by atoms with E-state index in [0.29, 0.717) is 6.04 Å². The second-order valence-electron chi connectivity index (χ2n) is 4.52. The van der Waals surface area contributed by atoms with Crippen LogP contribution in [0.4, 0.5) is 0 Å². The molecular weight excluding hydrogens is 216 g/mol. The van der Waals surface area contributed by atoms with Gasteiger partial charge in [0.25, 0.3) is 0 Å². The summed E-state index contributed by atoms with van der Waals surface area (Å²) < 4.78 is 1.39. The third-order valence-corrected chi connectivity index (χ3v) is 4.62. The van der Waals surface area contributed by atoms with Crippen molar-refractivity contribution in [2.75, 3.05) is 0 Å². The monoisotopic (exact) mass is 232 g/mol. The topological polar surface area (TPSA) is 38.0 Å². The molecule has 1 unspecified atom stereocenters. The summed E-state index contributed by atoms with van der Waals surface area (Å²) in [5.41, 5.74) is 4.38. The van der Waals surface area contributed by atoms with Crippen molar-refractivity contribution in [1.82, 2.24) is 5.43 Å². The Hall–Kier alpha value is -0.900. The zero-order chi connectivity index (χ0) is 11.0. The lowest BCUT2D eigenvalue weighted by Crippen LogP contribution is -2.36. The summed E-state index contributed by atoms with van der Waals surface area (Å²) in [6.07, 6.45) is 3.95. The van der Waals surface area contributed by atoms with Gasteiger partial charge in [0.2, 0.25) is 0 Å². The average Bonchev–Trinajstić information content (AvgIpc) is 2.70. The third-order valence-electron chi connectivity index (χ3n) is 3.65. The predicted molar refractivity (Wildman–Crippen MR) is 69.2 cm³/mol. The van der Waals surface area contributed by atoms with Crippen LogP contribution in [0.1, 0.15) is 30.9 Å². The largest absolute Gasteiger partial charge is 0.271 e. The molecule has 0 saturated heterocycles. The van der Waals surface area contributed by atoms with E-state index in [-0.39, 0.29) is 0 Å². The van der Waals surface area contributed by atoms with Gasteiger partial charge in [0.1, 0.15) is 0 Å². The number of nitrogens with two attached hydrogens (primary N) is 1. The minimum atomic E-state index is 0.330. The minimum absolute atomic E-state index is 0.330. The molecule has 1 aromatic carbocycles. The summed E-state index contributed by atoms with van der Waals surface area (Å²) in [4.78, 5) is 0. The first-order valence-corrected chi connectivity index (χ1v) is 6.70. The molecule has 16 heavy (non-hydrogen) atoms. The van der Waals surface area contributed by atoms with E-state index in [9.17, 15) is 0 Å². The van der Waals surface area contributed by atoms with E-state index in [1.54, 1.807) is 0 Å². The maximum atomic E-state index is 5.73. The standard InChI is InChI=1S/C13H16N2S/c14-15-12(9-3-1-4-9)11-6-2-5-10-7-8-16-13(10)11/h2,5-9,12,15H,1,3-4,14H2. The number of rotatable bonds is 3. The van der Waals surface area contributed by atoms with Gasteiger partial charge in [0, 0.05) is 4.70 Å². The van der Waals surface area contributed by atoms with E-state index < -0.39 is 0 Å². The fourth-order valence-corrected chi connectivity index (χ4v) is 3.47. The molecule has 84 valence electrons. The van der Waals surface area contributed by atoms with Crippen molar-refractivity contribution in [2.24, 2.45) is 11.8 Å². The Morgan fingerprint density at radius 3 is 2.88 bits per heavy atom. The minimum Gasteiger partial charge on any atom is -0.271 e. The van der Waals surface area contributed by atoms with E-state index in [4.69, 9.17) is 5.84 Å². The van der Waals surface area contributed by atoms with Gasteiger partial charge in [0.15, 0.2) is 0 Å². The Labute approximate surface area is 99.4 Å². The Morgan fingerprint density at radius 2 is 2.19 bits per heavy atom. The highest BCUT2D eigenvalue weighted by atomic mass is 32.1. The second kappa shape index (κ2) is 4.17.